The van der Waals surface area contributed by atoms with Crippen LogP contribution in [0.25, 0.3) is 0 Å². The van der Waals surface area contributed by atoms with E-state index in [1.54, 1.807) is 4.90 Å². The number of alkyl halides is 3. The van der Waals surface area contributed by atoms with E-state index in [-0.39, 0.29) is 11.4 Å². The quantitative estimate of drug-likeness (QED) is 0.760. The molecular formula is C18H19F5N4O. The molecule has 1 N–H and O–H groups in total. The van der Waals surface area contributed by atoms with Crippen LogP contribution in [0.1, 0.15) is 48.8 Å². The second kappa shape index (κ2) is 7.40. The van der Waals surface area contributed by atoms with Crippen molar-refractivity contribution in [3.05, 3.63) is 41.2 Å². The first-order valence-electron chi connectivity index (χ1n) is 8.79. The first-order chi connectivity index (χ1) is 13.1. The van der Waals surface area contributed by atoms with Gasteiger partial charge < -0.3 is 10.2 Å². The molecular weight excluding hydrogens is 383 g/mol. The summed E-state index contributed by atoms with van der Waals surface area (Å²) in [6.45, 7) is 4.02. The third kappa shape index (κ3) is 3.81. The second-order valence-electron chi connectivity index (χ2n) is 6.88. The molecule has 0 spiro atoms. The average molecular weight is 402 g/mol. The molecule has 0 bridgehead atoms. The topological polar surface area (TPSA) is 50.2 Å². The predicted molar refractivity (Wildman–Crippen MR) is 93.4 cm³/mol. The zero-order valence-corrected chi connectivity index (χ0v) is 15.3. The van der Waals surface area contributed by atoms with Crippen molar-refractivity contribution in [3.8, 4) is 0 Å². The van der Waals surface area contributed by atoms with Gasteiger partial charge in [-0.15, -0.1) is 0 Å². The van der Waals surface area contributed by atoms with Gasteiger partial charge in [-0.1, -0.05) is 0 Å². The van der Waals surface area contributed by atoms with Gasteiger partial charge in [0.15, 0.2) is 17.3 Å². The lowest BCUT2D eigenvalue weighted by Gasteiger charge is -2.20. The lowest BCUT2D eigenvalue weighted by atomic mass is 10.2. The fourth-order valence-electron chi connectivity index (χ4n) is 3.28. The summed E-state index contributed by atoms with van der Waals surface area (Å²) in [7, 11) is 0. The smallest absolute Gasteiger partial charge is 0.367 e. The minimum atomic E-state index is -4.82. The van der Waals surface area contributed by atoms with E-state index in [0.717, 1.165) is 31.2 Å². The van der Waals surface area contributed by atoms with Gasteiger partial charge in [0, 0.05) is 24.8 Å². The molecule has 2 heterocycles. The van der Waals surface area contributed by atoms with Crippen molar-refractivity contribution < 1.29 is 26.7 Å². The molecule has 1 aromatic carbocycles. The first kappa shape index (κ1) is 20.1. The highest BCUT2D eigenvalue weighted by Gasteiger charge is 2.40. The maximum atomic E-state index is 14.4. The molecule has 1 aromatic heterocycles. The maximum absolute atomic E-state index is 14.4. The molecule has 0 unspecified atom stereocenters. The number of carbonyl (C=O) groups is 1. The van der Waals surface area contributed by atoms with Crippen molar-refractivity contribution in [3.63, 3.8) is 0 Å². The van der Waals surface area contributed by atoms with Crippen LogP contribution in [0.5, 0.6) is 0 Å². The molecule has 1 saturated heterocycles. The molecule has 28 heavy (non-hydrogen) atoms. The monoisotopic (exact) mass is 402 g/mol. The highest BCUT2D eigenvalue weighted by atomic mass is 19.4. The van der Waals surface area contributed by atoms with Crippen LogP contribution in [0.15, 0.2) is 18.3 Å². The Labute approximate surface area is 158 Å². The fourth-order valence-corrected chi connectivity index (χ4v) is 3.28. The van der Waals surface area contributed by atoms with Crippen LogP contribution in [0.4, 0.5) is 33.3 Å². The van der Waals surface area contributed by atoms with Gasteiger partial charge >= 0.3 is 6.18 Å². The molecule has 3 rings (SSSR count). The summed E-state index contributed by atoms with van der Waals surface area (Å²) < 4.78 is 69.6. The summed E-state index contributed by atoms with van der Waals surface area (Å²) in [5.41, 5.74) is -2.40. The largest absolute Gasteiger partial charge is 0.433 e. The Bertz CT molecular complexity index is 862. The number of benzene rings is 1. The number of nitrogens with one attached hydrogen (secondary N) is 1. The highest BCUT2D eigenvalue weighted by molar-refractivity contribution is 6.05. The number of hydrogen-bond donors (Lipinski definition) is 1. The van der Waals surface area contributed by atoms with Crippen molar-refractivity contribution in [2.75, 3.05) is 23.3 Å². The fraction of sp³-hybridized carbons (Fsp3) is 0.444. The molecule has 1 aliphatic heterocycles. The number of halogens is 5. The van der Waals surface area contributed by atoms with Crippen molar-refractivity contribution in [1.82, 2.24) is 9.78 Å². The maximum Gasteiger partial charge on any atom is 0.433 e. The van der Waals surface area contributed by atoms with Gasteiger partial charge in [0.25, 0.3) is 5.91 Å². The van der Waals surface area contributed by atoms with Gasteiger partial charge in [0.2, 0.25) is 0 Å². The van der Waals surface area contributed by atoms with E-state index in [1.165, 1.54) is 13.8 Å². The Morgan fingerprint density at radius 1 is 1.14 bits per heavy atom. The number of nitrogens with zero attached hydrogens (tertiary/aromatic N) is 3. The summed E-state index contributed by atoms with van der Waals surface area (Å²) in [5.74, 6) is -2.91. The highest BCUT2D eigenvalue weighted by Crippen LogP contribution is 2.34. The molecule has 1 fully saturated rings. The molecule has 0 atom stereocenters. The van der Waals surface area contributed by atoms with E-state index in [1.807, 2.05) is 0 Å². The Morgan fingerprint density at radius 2 is 1.71 bits per heavy atom. The van der Waals surface area contributed by atoms with Crippen molar-refractivity contribution in [1.29, 1.82) is 0 Å². The van der Waals surface area contributed by atoms with Crippen LogP contribution >= 0.6 is 0 Å². The molecule has 5 nitrogen and oxygen atoms in total. The van der Waals surface area contributed by atoms with Gasteiger partial charge in [0.05, 0.1) is 11.8 Å². The van der Waals surface area contributed by atoms with Crippen LogP contribution in [0, 0.1) is 11.6 Å². The number of carbonyl (C=O) groups excluding carboxylic acids is 1. The predicted octanol–water partition coefficient (Wildman–Crippen LogP) is 4.61. The Kier molecular flexibility index (Phi) is 5.31. The third-order valence-electron chi connectivity index (χ3n) is 4.49. The number of aromatic nitrogens is 2. The summed E-state index contributed by atoms with van der Waals surface area (Å²) in [6.07, 6.45) is -2.39. The van der Waals surface area contributed by atoms with E-state index in [0.29, 0.717) is 17.8 Å². The van der Waals surface area contributed by atoms with Gasteiger partial charge in [-0.2, -0.15) is 18.3 Å². The summed E-state index contributed by atoms with van der Waals surface area (Å²) in [6, 6.07) is 1.16. The van der Waals surface area contributed by atoms with Gasteiger partial charge in [0.1, 0.15) is 5.69 Å². The first-order valence-corrected chi connectivity index (χ1v) is 8.79. The molecule has 1 aliphatic rings. The lowest BCUT2D eigenvalue weighted by Crippen LogP contribution is -2.23. The number of amides is 1. The third-order valence-corrected chi connectivity index (χ3v) is 4.49. The standard InChI is InChI=1S/C18H19F5N4O/c1-10(2)27-16(18(21,22)23)12(9-24-27)17(28)25-11-7-13(19)15(14(20)8-11)26-5-3-4-6-26/h7-10H,3-6H2,1-2H3,(H,25,28). The van der Waals surface area contributed by atoms with Crippen LogP contribution in [0.2, 0.25) is 0 Å². The average Bonchev–Trinajstić information content (AvgIpc) is 3.23. The molecule has 0 saturated carbocycles. The van der Waals surface area contributed by atoms with Crippen molar-refractivity contribution in [2.24, 2.45) is 0 Å². The Morgan fingerprint density at radius 3 is 2.21 bits per heavy atom. The molecule has 2 aromatic rings. The molecule has 10 heteroatoms. The minimum absolute atomic E-state index is 0.195. The number of rotatable bonds is 4. The Balaban J connectivity index is 1.90. The molecule has 0 aliphatic carbocycles. The second-order valence-corrected chi connectivity index (χ2v) is 6.88. The zero-order valence-electron chi connectivity index (χ0n) is 15.3. The van der Waals surface area contributed by atoms with Crippen LogP contribution in [0.3, 0.4) is 0 Å². The van der Waals surface area contributed by atoms with E-state index < -0.39 is 41.0 Å². The van der Waals surface area contributed by atoms with E-state index in [2.05, 4.69) is 10.4 Å². The van der Waals surface area contributed by atoms with Gasteiger partial charge in [-0.3, -0.25) is 9.48 Å². The SMILES string of the molecule is CC(C)n1ncc(C(=O)Nc2cc(F)c(N3CCCC3)c(F)c2)c1C(F)(F)F. The van der Waals surface area contributed by atoms with Crippen LogP contribution < -0.4 is 10.2 Å². The van der Waals surface area contributed by atoms with Crippen molar-refractivity contribution in [2.45, 2.75) is 38.9 Å². The number of anilines is 2. The van der Waals surface area contributed by atoms with Crippen molar-refractivity contribution >= 4 is 17.3 Å². The minimum Gasteiger partial charge on any atom is -0.367 e. The van der Waals surface area contributed by atoms with E-state index in [9.17, 15) is 26.7 Å². The number of hydrogen-bond acceptors (Lipinski definition) is 3. The van der Waals surface area contributed by atoms with Gasteiger partial charge in [-0.25, -0.2) is 8.78 Å². The van der Waals surface area contributed by atoms with Gasteiger partial charge in [-0.05, 0) is 38.8 Å². The Hall–Kier alpha value is -2.65. The molecule has 152 valence electrons. The van der Waals surface area contributed by atoms with Crippen LogP contribution in [-0.2, 0) is 6.18 Å². The van der Waals surface area contributed by atoms with Crippen LogP contribution in [-0.4, -0.2) is 28.8 Å². The summed E-state index contributed by atoms with van der Waals surface area (Å²) >= 11 is 0. The zero-order chi connectivity index (χ0) is 20.6. The molecule has 0 radical (unpaired) electrons. The summed E-state index contributed by atoms with van der Waals surface area (Å²) in [4.78, 5) is 13.9. The molecule has 1 amide bonds. The summed E-state index contributed by atoms with van der Waals surface area (Å²) in [5, 5.41) is 5.76. The van der Waals surface area contributed by atoms with E-state index >= 15 is 0 Å². The lowest BCUT2D eigenvalue weighted by molar-refractivity contribution is -0.145. The normalized spacial score (nSPS) is 14.8. The van der Waals surface area contributed by atoms with E-state index in [4.69, 9.17) is 0 Å².